The van der Waals surface area contributed by atoms with Gasteiger partial charge in [0.25, 0.3) is 0 Å². The first kappa shape index (κ1) is 14.8. The van der Waals surface area contributed by atoms with Crippen LogP contribution in [0.2, 0.25) is 0 Å². The summed E-state index contributed by atoms with van der Waals surface area (Å²) < 4.78 is 5.28. The lowest BCUT2D eigenvalue weighted by Crippen LogP contribution is -2.57. The maximum Gasteiger partial charge on any atom is 0.407 e. The monoisotopic (exact) mass is 308 g/mol. The number of thiazole rings is 1. The summed E-state index contributed by atoms with van der Waals surface area (Å²) in [6.07, 6.45) is 8.34. The van der Waals surface area contributed by atoms with E-state index in [0.29, 0.717) is 5.92 Å². The van der Waals surface area contributed by atoms with E-state index in [-0.39, 0.29) is 17.7 Å². The second kappa shape index (κ2) is 5.95. The Balaban J connectivity index is 1.64. The molecule has 3 saturated carbocycles. The van der Waals surface area contributed by atoms with Crippen molar-refractivity contribution in [3.63, 3.8) is 0 Å². The first-order valence-corrected chi connectivity index (χ1v) is 8.81. The van der Waals surface area contributed by atoms with Gasteiger partial charge in [0.2, 0.25) is 0 Å². The normalized spacial score (nSPS) is 31.4. The zero-order valence-corrected chi connectivity index (χ0v) is 13.6. The summed E-state index contributed by atoms with van der Waals surface area (Å²) in [6, 6.07) is 0. The topological polar surface area (TPSA) is 51.2 Å². The minimum Gasteiger partial charge on any atom is -0.447 e. The number of hydrogen-bond acceptors (Lipinski definition) is 4. The van der Waals surface area contributed by atoms with Crippen molar-refractivity contribution >= 4 is 17.4 Å². The van der Waals surface area contributed by atoms with Gasteiger partial charge in [-0.25, -0.2) is 9.78 Å². The smallest absolute Gasteiger partial charge is 0.407 e. The average molecular weight is 308 g/mol. The van der Waals surface area contributed by atoms with Crippen LogP contribution in [0.5, 0.6) is 0 Å². The zero-order chi connectivity index (χ0) is 14.9. The van der Waals surface area contributed by atoms with Gasteiger partial charge >= 0.3 is 6.09 Å². The summed E-state index contributed by atoms with van der Waals surface area (Å²) in [5, 5.41) is 6.46. The molecular weight excluding hydrogens is 284 g/mol. The molecule has 4 rings (SSSR count). The van der Waals surface area contributed by atoms with Gasteiger partial charge in [-0.1, -0.05) is 0 Å². The van der Waals surface area contributed by atoms with Gasteiger partial charge in [-0.2, -0.15) is 0 Å². The fourth-order valence-corrected chi connectivity index (χ4v) is 4.70. The van der Waals surface area contributed by atoms with Crippen LogP contribution in [0.25, 0.3) is 0 Å². The van der Waals surface area contributed by atoms with Crippen molar-refractivity contribution in [1.82, 2.24) is 10.3 Å². The molecule has 0 radical (unpaired) electrons. The van der Waals surface area contributed by atoms with Crippen LogP contribution in [0, 0.1) is 11.8 Å². The van der Waals surface area contributed by atoms with Crippen molar-refractivity contribution in [2.24, 2.45) is 11.8 Å². The van der Waals surface area contributed by atoms with Gasteiger partial charge in [-0.3, -0.25) is 0 Å². The lowest BCUT2D eigenvalue weighted by molar-refractivity contribution is 0.0361. The maximum atomic E-state index is 12.0. The molecule has 5 heteroatoms. The van der Waals surface area contributed by atoms with Crippen LogP contribution < -0.4 is 5.32 Å². The van der Waals surface area contributed by atoms with Crippen LogP contribution in [0.15, 0.2) is 11.6 Å². The van der Waals surface area contributed by atoms with Crippen molar-refractivity contribution < 1.29 is 9.53 Å². The van der Waals surface area contributed by atoms with E-state index >= 15 is 0 Å². The first-order valence-electron chi connectivity index (χ1n) is 7.93. The number of ether oxygens (including phenoxy) is 1. The minimum atomic E-state index is -0.252. The van der Waals surface area contributed by atoms with Crippen LogP contribution in [0.3, 0.4) is 0 Å². The van der Waals surface area contributed by atoms with E-state index in [1.807, 2.05) is 25.4 Å². The molecule has 4 nitrogen and oxygen atoms in total. The summed E-state index contributed by atoms with van der Waals surface area (Å²) in [5.74, 6) is 1.46. The van der Waals surface area contributed by atoms with Gasteiger partial charge in [0.15, 0.2) is 0 Å². The molecule has 1 atom stereocenters. The number of rotatable bonds is 4. The van der Waals surface area contributed by atoms with Crippen molar-refractivity contribution in [2.75, 3.05) is 0 Å². The number of carbonyl (C=O) groups excluding carboxylic acids is 1. The van der Waals surface area contributed by atoms with Gasteiger partial charge in [-0.15, -0.1) is 11.3 Å². The second-order valence-electron chi connectivity index (χ2n) is 6.79. The van der Waals surface area contributed by atoms with E-state index in [9.17, 15) is 4.79 Å². The highest BCUT2D eigenvalue weighted by Crippen LogP contribution is 2.48. The number of aromatic nitrogens is 1. The second-order valence-corrected chi connectivity index (χ2v) is 7.77. The van der Waals surface area contributed by atoms with Crippen molar-refractivity contribution in [1.29, 1.82) is 0 Å². The molecule has 1 aromatic rings. The van der Waals surface area contributed by atoms with Gasteiger partial charge in [0.05, 0.1) is 11.1 Å². The highest BCUT2D eigenvalue weighted by molar-refractivity contribution is 7.09. The van der Waals surface area contributed by atoms with Crippen LogP contribution in [-0.2, 0) is 11.2 Å². The van der Waals surface area contributed by atoms with Crippen molar-refractivity contribution in [2.45, 2.75) is 64.0 Å². The number of nitrogens with one attached hydrogen (secondary N) is 1. The van der Waals surface area contributed by atoms with Crippen LogP contribution in [0.1, 0.15) is 51.0 Å². The third-order valence-electron chi connectivity index (χ3n) is 4.94. The number of amides is 1. The van der Waals surface area contributed by atoms with Crippen molar-refractivity contribution in [3.05, 3.63) is 16.6 Å². The van der Waals surface area contributed by atoms with E-state index in [0.717, 1.165) is 31.6 Å². The Morgan fingerprint density at radius 3 is 2.90 bits per heavy atom. The van der Waals surface area contributed by atoms with E-state index in [2.05, 4.69) is 10.3 Å². The molecule has 0 aliphatic heterocycles. The molecular formula is C16H24N2O2S. The molecule has 0 saturated heterocycles. The highest BCUT2D eigenvalue weighted by atomic mass is 32.1. The Kier molecular flexibility index (Phi) is 4.20. The Bertz CT molecular complexity index is 478. The summed E-state index contributed by atoms with van der Waals surface area (Å²) in [5.41, 5.74) is -0.0390. The van der Waals surface area contributed by atoms with Crippen LogP contribution >= 0.6 is 11.3 Å². The Morgan fingerprint density at radius 1 is 1.52 bits per heavy atom. The molecule has 3 aliphatic rings. The molecule has 1 amide bonds. The predicted molar refractivity (Wildman–Crippen MR) is 83.4 cm³/mol. The van der Waals surface area contributed by atoms with Gasteiger partial charge in [-0.05, 0) is 57.8 Å². The fraction of sp³-hybridized carbons (Fsp3) is 0.750. The van der Waals surface area contributed by atoms with Gasteiger partial charge in [0, 0.05) is 23.5 Å². The minimum absolute atomic E-state index is 0.0390. The maximum absolute atomic E-state index is 12.0. The third-order valence-corrected chi connectivity index (χ3v) is 5.74. The van der Waals surface area contributed by atoms with Crippen LogP contribution in [-0.4, -0.2) is 22.7 Å². The molecule has 1 aromatic heterocycles. The third kappa shape index (κ3) is 3.39. The molecule has 3 fully saturated rings. The molecule has 116 valence electrons. The molecule has 2 bridgehead atoms. The average Bonchev–Trinajstić information content (AvgIpc) is 2.91. The lowest BCUT2D eigenvalue weighted by atomic mass is 9.60. The summed E-state index contributed by atoms with van der Waals surface area (Å²) in [7, 11) is 0. The summed E-state index contributed by atoms with van der Waals surface area (Å²) in [4.78, 5) is 16.4. The van der Waals surface area contributed by atoms with Gasteiger partial charge < -0.3 is 10.1 Å². The molecule has 1 unspecified atom stereocenters. The summed E-state index contributed by atoms with van der Waals surface area (Å²) in [6.45, 7) is 3.78. The number of hydrogen-bond donors (Lipinski definition) is 1. The number of fused-ring (bicyclic) bond motifs is 3. The quantitative estimate of drug-likeness (QED) is 0.921. The van der Waals surface area contributed by atoms with E-state index < -0.39 is 0 Å². The SMILES string of the molecule is CC(C)OC(=O)NC12CCC(CC1)C(Cc1nccs1)C2. The largest absolute Gasteiger partial charge is 0.447 e. The fourth-order valence-electron chi connectivity index (χ4n) is 3.99. The van der Waals surface area contributed by atoms with E-state index in [4.69, 9.17) is 4.74 Å². The molecule has 1 N–H and O–H groups in total. The first-order chi connectivity index (χ1) is 10.1. The molecule has 1 heterocycles. The molecule has 3 aliphatic carbocycles. The predicted octanol–water partition coefficient (Wildman–Crippen LogP) is 3.77. The number of nitrogens with zero attached hydrogens (tertiary/aromatic N) is 1. The number of carbonyl (C=O) groups is 1. The standard InChI is InChI=1S/C16H24N2O2S/c1-11(2)20-15(19)18-16-5-3-12(4-6-16)13(10-16)9-14-17-7-8-21-14/h7-8,11-13H,3-6,9-10H2,1-2H3,(H,18,19). The Hall–Kier alpha value is -1.10. The summed E-state index contributed by atoms with van der Waals surface area (Å²) >= 11 is 1.74. The molecule has 0 spiro atoms. The Labute approximate surface area is 130 Å². The number of alkyl carbamates (subject to hydrolysis) is 1. The van der Waals surface area contributed by atoms with Gasteiger partial charge in [0.1, 0.15) is 0 Å². The molecule has 0 aromatic carbocycles. The van der Waals surface area contributed by atoms with Crippen molar-refractivity contribution in [3.8, 4) is 0 Å². The highest BCUT2D eigenvalue weighted by Gasteiger charge is 2.46. The Morgan fingerprint density at radius 2 is 2.29 bits per heavy atom. The van der Waals surface area contributed by atoms with E-state index in [1.54, 1.807) is 11.3 Å². The van der Waals surface area contributed by atoms with E-state index in [1.165, 1.54) is 17.8 Å². The molecule has 21 heavy (non-hydrogen) atoms. The van der Waals surface area contributed by atoms with Crippen LogP contribution in [0.4, 0.5) is 4.79 Å². The lowest BCUT2D eigenvalue weighted by Gasteiger charge is -2.51. The zero-order valence-electron chi connectivity index (χ0n) is 12.8.